The number of anilines is 1. The van der Waals surface area contributed by atoms with Gasteiger partial charge in [-0.05, 0) is 24.6 Å². The average Bonchev–Trinajstić information content (AvgIpc) is 2.37. The van der Waals surface area contributed by atoms with Gasteiger partial charge in [0.05, 0.1) is 12.6 Å². The van der Waals surface area contributed by atoms with Crippen LogP contribution in [-0.2, 0) is 14.3 Å². The second-order valence-electron chi connectivity index (χ2n) is 3.98. The predicted octanol–water partition coefficient (Wildman–Crippen LogP) is 1.55. The number of benzene rings is 1. The minimum Gasteiger partial charge on any atom is -0.464 e. The average molecular weight is 268 g/mol. The molecule has 1 unspecified atom stereocenters. The molecule has 0 saturated carbocycles. The number of carbonyl (C=O) groups is 2. The molecule has 0 saturated heterocycles. The molecule has 0 bridgehead atoms. The Hall–Kier alpha value is -1.95. The first-order valence-electron chi connectivity index (χ1n) is 5.89. The lowest BCUT2D eigenvalue weighted by Gasteiger charge is -2.16. The molecule has 104 valence electrons. The zero-order chi connectivity index (χ0) is 14.4. The lowest BCUT2D eigenvalue weighted by molar-refractivity contribution is -0.149. The van der Waals surface area contributed by atoms with Crippen molar-refractivity contribution in [3.8, 4) is 0 Å². The van der Waals surface area contributed by atoms with E-state index in [1.54, 1.807) is 31.2 Å². The van der Waals surface area contributed by atoms with Crippen molar-refractivity contribution in [2.24, 2.45) is 5.73 Å². The lowest BCUT2D eigenvalue weighted by Crippen LogP contribution is -2.31. The largest absolute Gasteiger partial charge is 0.464 e. The maximum Gasteiger partial charge on any atom is 0.342 e. The number of esters is 1. The zero-order valence-corrected chi connectivity index (χ0v) is 10.9. The maximum absolute atomic E-state index is 13.7. The molecule has 1 rings (SSSR count). The van der Waals surface area contributed by atoms with Crippen LogP contribution in [0.1, 0.15) is 25.5 Å². The van der Waals surface area contributed by atoms with Crippen molar-refractivity contribution in [2.45, 2.75) is 26.1 Å². The number of amides is 1. The van der Waals surface area contributed by atoms with Gasteiger partial charge in [0.2, 0.25) is 12.1 Å². The van der Waals surface area contributed by atoms with Crippen LogP contribution in [0.25, 0.3) is 0 Å². The number of ether oxygens (including phenoxy) is 1. The van der Waals surface area contributed by atoms with E-state index >= 15 is 0 Å². The van der Waals surface area contributed by atoms with E-state index in [-0.39, 0.29) is 12.5 Å². The molecule has 1 aromatic rings. The van der Waals surface area contributed by atoms with Gasteiger partial charge in [0.25, 0.3) is 0 Å². The van der Waals surface area contributed by atoms with Crippen LogP contribution in [0.2, 0.25) is 0 Å². The number of alkyl halides is 1. The molecule has 5 nitrogen and oxygen atoms in total. The first-order chi connectivity index (χ1) is 8.95. The number of hydrogen-bond donors (Lipinski definition) is 2. The third kappa shape index (κ3) is 4.33. The first kappa shape index (κ1) is 15.1. The lowest BCUT2D eigenvalue weighted by atomic mass is 10.0. The van der Waals surface area contributed by atoms with Crippen LogP contribution in [0.3, 0.4) is 0 Å². The molecule has 0 aliphatic heterocycles. The molecule has 0 aliphatic carbocycles. The van der Waals surface area contributed by atoms with E-state index < -0.39 is 18.2 Å². The van der Waals surface area contributed by atoms with E-state index in [2.05, 4.69) is 10.1 Å². The van der Waals surface area contributed by atoms with Crippen LogP contribution < -0.4 is 11.1 Å². The van der Waals surface area contributed by atoms with Gasteiger partial charge in [-0.3, -0.25) is 4.79 Å². The number of carbonyl (C=O) groups excluding carboxylic acids is 2. The highest BCUT2D eigenvalue weighted by atomic mass is 19.1. The van der Waals surface area contributed by atoms with Crippen molar-refractivity contribution in [1.29, 1.82) is 0 Å². The van der Waals surface area contributed by atoms with E-state index in [1.807, 2.05) is 0 Å². The summed E-state index contributed by atoms with van der Waals surface area (Å²) in [6.07, 6.45) is -1.91. The quantitative estimate of drug-likeness (QED) is 0.794. The van der Waals surface area contributed by atoms with Gasteiger partial charge in [0, 0.05) is 12.6 Å². The highest BCUT2D eigenvalue weighted by Crippen LogP contribution is 2.20. The van der Waals surface area contributed by atoms with Gasteiger partial charge < -0.3 is 15.8 Å². The monoisotopic (exact) mass is 268 g/mol. The maximum atomic E-state index is 13.7. The zero-order valence-electron chi connectivity index (χ0n) is 10.9. The van der Waals surface area contributed by atoms with Crippen molar-refractivity contribution >= 4 is 17.6 Å². The summed E-state index contributed by atoms with van der Waals surface area (Å²) in [5.41, 5.74) is 6.69. The summed E-state index contributed by atoms with van der Waals surface area (Å²) in [5, 5.41) is 2.58. The number of hydrogen-bond acceptors (Lipinski definition) is 4. The minimum absolute atomic E-state index is 0.105. The molecule has 0 spiro atoms. The second-order valence-corrected chi connectivity index (χ2v) is 3.98. The summed E-state index contributed by atoms with van der Waals surface area (Å²) >= 11 is 0. The molecule has 0 radical (unpaired) electrons. The highest BCUT2D eigenvalue weighted by molar-refractivity contribution is 5.88. The van der Waals surface area contributed by atoms with Gasteiger partial charge in [-0.2, -0.15) is 0 Å². The summed E-state index contributed by atoms with van der Waals surface area (Å²) in [6, 6.07) is 5.21. The molecular weight excluding hydrogens is 251 g/mol. The molecule has 1 amide bonds. The fourth-order valence-electron chi connectivity index (χ4n) is 1.53. The number of nitrogens with two attached hydrogens (primary N) is 1. The van der Waals surface area contributed by atoms with E-state index in [1.165, 1.54) is 6.92 Å². The van der Waals surface area contributed by atoms with Crippen LogP contribution >= 0.6 is 0 Å². The highest BCUT2D eigenvalue weighted by Gasteiger charge is 2.27. The third-order valence-electron chi connectivity index (χ3n) is 2.44. The van der Waals surface area contributed by atoms with E-state index in [4.69, 9.17) is 5.73 Å². The van der Waals surface area contributed by atoms with Crippen LogP contribution in [0.4, 0.5) is 10.1 Å². The fourth-order valence-corrected chi connectivity index (χ4v) is 1.53. The molecule has 0 aromatic heterocycles. The smallest absolute Gasteiger partial charge is 0.342 e. The molecule has 0 heterocycles. The van der Waals surface area contributed by atoms with Crippen molar-refractivity contribution in [3.63, 3.8) is 0 Å². The van der Waals surface area contributed by atoms with E-state index in [9.17, 15) is 14.0 Å². The Labute approximate surface area is 110 Å². The summed E-state index contributed by atoms with van der Waals surface area (Å²) in [4.78, 5) is 22.1. The van der Waals surface area contributed by atoms with Gasteiger partial charge in [-0.1, -0.05) is 12.1 Å². The van der Waals surface area contributed by atoms with Gasteiger partial charge in [0.1, 0.15) is 0 Å². The van der Waals surface area contributed by atoms with Gasteiger partial charge in [-0.15, -0.1) is 0 Å². The van der Waals surface area contributed by atoms with Crippen molar-refractivity contribution in [1.82, 2.24) is 0 Å². The molecule has 3 N–H and O–H groups in total. The number of rotatable bonds is 5. The molecule has 19 heavy (non-hydrogen) atoms. The van der Waals surface area contributed by atoms with Crippen LogP contribution in [0.5, 0.6) is 0 Å². The first-order valence-corrected chi connectivity index (χ1v) is 5.89. The van der Waals surface area contributed by atoms with E-state index in [0.29, 0.717) is 11.3 Å². The van der Waals surface area contributed by atoms with Crippen LogP contribution in [0.15, 0.2) is 24.3 Å². The Morgan fingerprint density at radius 2 is 1.95 bits per heavy atom. The van der Waals surface area contributed by atoms with E-state index in [0.717, 1.165) is 0 Å². The Balaban J connectivity index is 2.74. The molecule has 6 heteroatoms. The summed E-state index contributed by atoms with van der Waals surface area (Å²) in [6.45, 7) is 3.09. The number of halogens is 1. The van der Waals surface area contributed by atoms with Crippen LogP contribution in [0, 0.1) is 0 Å². The third-order valence-corrected chi connectivity index (χ3v) is 2.44. The summed E-state index contributed by atoms with van der Waals surface area (Å²) < 4.78 is 18.3. The Bertz CT molecular complexity index is 448. The minimum atomic E-state index is -1.91. The summed E-state index contributed by atoms with van der Waals surface area (Å²) in [5.74, 6) is -1.17. The van der Waals surface area contributed by atoms with Gasteiger partial charge in [0.15, 0.2) is 0 Å². The normalized spacial score (nSPS) is 13.5. The van der Waals surface area contributed by atoms with Crippen molar-refractivity contribution < 1.29 is 18.7 Å². The van der Waals surface area contributed by atoms with Crippen molar-refractivity contribution in [2.75, 3.05) is 11.9 Å². The SMILES string of the molecule is CCOC(=O)C(F)[C@@H](N)c1ccc(NC(C)=O)cc1. The molecular formula is C13H17FN2O3. The fraction of sp³-hybridized carbons (Fsp3) is 0.385. The standard InChI is InChI=1S/C13H17FN2O3/c1-3-19-13(18)11(14)12(15)9-4-6-10(7-5-9)16-8(2)17/h4-7,11-12H,3,15H2,1-2H3,(H,16,17)/t11?,12-/m0/s1. The van der Waals surface area contributed by atoms with Crippen LogP contribution in [-0.4, -0.2) is 24.7 Å². The Kier molecular flexibility index (Phi) is 5.44. The van der Waals surface area contributed by atoms with Crippen molar-refractivity contribution in [3.05, 3.63) is 29.8 Å². The van der Waals surface area contributed by atoms with Gasteiger partial charge >= 0.3 is 5.97 Å². The second kappa shape index (κ2) is 6.84. The topological polar surface area (TPSA) is 81.4 Å². The molecule has 0 aliphatic rings. The Morgan fingerprint density at radius 1 is 1.37 bits per heavy atom. The summed E-state index contributed by atoms with van der Waals surface area (Å²) in [7, 11) is 0. The molecule has 2 atom stereocenters. The molecule has 1 aromatic carbocycles. The predicted molar refractivity (Wildman–Crippen MR) is 69.2 cm³/mol. The molecule has 0 fully saturated rings. The van der Waals surface area contributed by atoms with Gasteiger partial charge in [-0.25, -0.2) is 9.18 Å². The number of nitrogens with one attached hydrogen (secondary N) is 1. The Morgan fingerprint density at radius 3 is 2.42 bits per heavy atom.